The molecule has 0 unspecified atom stereocenters. The molecule has 0 bridgehead atoms. The number of H-pyrrole nitrogens is 6. The van der Waals surface area contributed by atoms with Crippen LogP contribution in [0.5, 0.6) is 0 Å². The van der Waals surface area contributed by atoms with Gasteiger partial charge in [0.1, 0.15) is 0 Å². The highest BCUT2D eigenvalue weighted by atomic mass is 32.2. The second kappa shape index (κ2) is 45.2. The number of fused-ring (bicyclic) bond motifs is 6. The highest BCUT2D eigenvalue weighted by Crippen LogP contribution is 2.28. The molecular weight excluding hydrogens is 1650 g/mol. The van der Waals surface area contributed by atoms with E-state index in [0.29, 0.717) is 83.2 Å². The summed E-state index contributed by atoms with van der Waals surface area (Å²) in [4.78, 5) is 21.6. The Morgan fingerprint density at radius 3 is 0.700 bits per heavy atom. The van der Waals surface area contributed by atoms with E-state index in [-0.39, 0.29) is 134 Å². The van der Waals surface area contributed by atoms with Crippen molar-refractivity contribution in [3.63, 3.8) is 0 Å². The molecule has 0 fully saturated rings. The van der Waals surface area contributed by atoms with Crippen LogP contribution in [0.4, 0.5) is 0 Å². The minimum absolute atomic E-state index is 0.000117. The fourth-order valence-corrected chi connectivity index (χ4v) is 13.7. The molecule has 12 aromatic rings. The molecule has 660 valence electrons. The van der Waals surface area contributed by atoms with Crippen LogP contribution in [0, 0.1) is 0 Å². The number of nitrogens with one attached hydrogen (secondary N) is 12. The van der Waals surface area contributed by atoms with Gasteiger partial charge in [-0.1, -0.05) is 36.4 Å². The zero-order chi connectivity index (χ0) is 132. The third kappa shape index (κ3) is 31.9. The first kappa shape index (κ1) is 48.2. The van der Waals surface area contributed by atoms with E-state index in [0.717, 1.165) is 51.3 Å². The van der Waals surface area contributed by atoms with Crippen molar-refractivity contribution in [2.75, 3.05) is 165 Å². The molecule has 0 saturated carbocycles. The van der Waals surface area contributed by atoms with Gasteiger partial charge in [-0.25, -0.2) is 78.8 Å². The van der Waals surface area contributed by atoms with Crippen LogP contribution in [0.15, 0.2) is 146 Å². The summed E-state index contributed by atoms with van der Waals surface area (Å²) < 4.78 is 545. The van der Waals surface area contributed by atoms with Gasteiger partial charge in [0, 0.05) is 203 Å². The molecule has 120 heavy (non-hydrogen) atoms. The maximum absolute atomic E-state index is 12.3. The van der Waals surface area contributed by atoms with Crippen molar-refractivity contribution in [1.29, 1.82) is 0 Å². The van der Waals surface area contributed by atoms with Crippen LogP contribution in [0.25, 0.3) is 65.4 Å². The lowest BCUT2D eigenvalue weighted by Crippen LogP contribution is -2.20. The average molecular weight is 1820 g/mol. The van der Waals surface area contributed by atoms with E-state index in [2.05, 4.69) is 29.9 Å². The summed E-state index contributed by atoms with van der Waals surface area (Å²) in [5.41, 5.74) is -14.9. The summed E-state index contributed by atoms with van der Waals surface area (Å²) in [5.74, 6) is 0. The zero-order valence-corrected chi connectivity index (χ0v) is 70.7. The molecule has 0 aliphatic heterocycles. The molecule has 0 atom stereocenters. The molecule has 6 heterocycles. The van der Waals surface area contributed by atoms with E-state index in [1.165, 1.54) is 117 Å². The molecule has 30 nitrogen and oxygen atoms in total. The van der Waals surface area contributed by atoms with Crippen LogP contribution in [-0.2, 0) is 133 Å². The monoisotopic (exact) mass is 1820 g/mol. The molecule has 6 aromatic heterocycles. The van der Waals surface area contributed by atoms with Gasteiger partial charge in [-0.3, -0.25) is 0 Å². The number of rotatable bonds is 36. The van der Waals surface area contributed by atoms with Crippen LogP contribution >= 0.6 is 0 Å². The Balaban J connectivity index is 0.000000275. The second-order valence-electron chi connectivity index (χ2n) is 25.9. The Kier molecular flexibility index (Phi) is 18.2. The van der Waals surface area contributed by atoms with E-state index < -0.39 is 202 Å². The molecule has 36 heteroatoms. The number of aromatic nitrogens is 6. The predicted molar refractivity (Wildman–Crippen MR) is 493 cm³/mol. The number of hydrogen-bond acceptors (Lipinski definition) is 18. The smallest absolute Gasteiger partial charge is 0.215 e. The van der Waals surface area contributed by atoms with E-state index in [9.17, 15) is 50.5 Å². The fourth-order valence-electron chi connectivity index (χ4n) is 10.7. The molecule has 6 aromatic carbocycles. The molecular formula is C84H126N18O12S6. The maximum atomic E-state index is 12.3. The summed E-state index contributed by atoms with van der Waals surface area (Å²) >= 11 is 0. The Bertz CT molecular complexity index is 8410. The Hall–Kier alpha value is -8.22. The largest absolute Gasteiger partial charge is 0.361 e. The first-order valence-electron chi connectivity index (χ1n) is 60.5. The first-order chi connectivity index (χ1) is 76.5. The summed E-state index contributed by atoms with van der Waals surface area (Å²) in [5, 5.41) is 1.83. The summed E-state index contributed by atoms with van der Waals surface area (Å²) in [7, 11) is -15.0. The lowest BCUT2D eigenvalue weighted by atomic mass is 10.1. The SMILES string of the molecule is [2H]c1[nH]c2ccc(C([2H])([2H])S(=O)(=O)NC([2H])([2H])[2H])cc2c1CCN(C([2H])([2H])[2H])C([2H])([2H])[2H].[2H]c1[nH]c2ccc(C([2H])([2H])S(=O)(=O)NC([2H])([2H])[2H])cc2c1CCN(C)C.[2H]c1[nH]c2ccc(C([2H])([2H])S(=O)(=O)NC([2H])([2H])[2H])cc2c1CCN(C)C([2H])([2H])[2H].[2H]c1[nH]c2ccc(C([2H])([2H])S(=O)(=O)NC)cc2c1CC([2H])([2H])N(C([2H])([2H])[2H])C([2H])([2H])[2H].[2H]c1[nH]c2ccc(C([2H])([2H])S(=O)(=O)NC)cc2c1CC([2H])([2H])N(C)C.[2H]c1[nH]c2ccc(C([2H])([2H])S(=O)(=O)NC)cc2c1CC([2H])([2H])N(C)C([2H])([2H])[2H]. The van der Waals surface area contributed by atoms with Crippen molar-refractivity contribution in [2.45, 2.75) is 72.8 Å². The lowest BCUT2D eigenvalue weighted by molar-refractivity contribution is 0.414. The standard InChI is InChI=1S/6C14H21N3O2S/c6*1-15-20(18,19)10-11-4-5-14-13(8-11)12(9-16-14)6-7-17(2)3/h6*4-5,8-9,15-16H,6-7,10H2,1-3H3/i2D3,3D3,7D2,9D,10D2;1D3,2D3,3D3,9D,10D2;2D3,7D2,9D,10D2;1D3,2D3,9D,10D2;7D2,9D,10D2;1D3,9D,10D2. The molecule has 12 rings (SSSR count). The minimum Gasteiger partial charge on any atom is -0.361 e. The molecule has 0 radical (unpaired) electrons. The summed E-state index contributed by atoms with van der Waals surface area (Å²) in [6.45, 7) is -33.5. The number of likely N-dealkylation sites (N-methyl/N-ethyl adjacent to an activating group) is 6. The van der Waals surface area contributed by atoms with Crippen molar-refractivity contribution in [2.24, 2.45) is 0 Å². The maximum Gasteiger partial charge on any atom is 0.215 e. The van der Waals surface area contributed by atoms with Crippen LogP contribution in [-0.4, -0.2) is 275 Å². The topological polar surface area (TPSA) is 391 Å². The van der Waals surface area contributed by atoms with Gasteiger partial charge >= 0.3 is 0 Å². The molecule has 0 aliphatic rings. The van der Waals surface area contributed by atoms with Gasteiger partial charge in [-0.2, -0.15) is 0 Å². The predicted octanol–water partition coefficient (Wildman–Crippen LogP) is 7.93. The van der Waals surface area contributed by atoms with Crippen LogP contribution in [0.1, 0.15) is 137 Å². The Labute approximate surface area is 782 Å². The quantitative estimate of drug-likeness (QED) is 0.0177. The van der Waals surface area contributed by atoms with Crippen LogP contribution in [0.2, 0.25) is 0 Å². The van der Waals surface area contributed by atoms with Crippen molar-refractivity contribution >= 4 is 126 Å². The van der Waals surface area contributed by atoms with Crippen molar-refractivity contribution < 1.29 is 120 Å². The fraction of sp³-hybridized carbons (Fsp3) is 0.429. The summed E-state index contributed by atoms with van der Waals surface area (Å²) in [6, 6.07) is 23.1. The molecule has 12 N–H and O–H groups in total. The first-order valence-corrected chi connectivity index (χ1v) is 43.9. The van der Waals surface area contributed by atoms with Gasteiger partial charge in [-0.15, -0.1) is 0 Å². The second-order valence-corrected chi connectivity index (χ2v) is 35.0. The number of nitrogens with zero attached hydrogens (tertiary/aromatic N) is 6. The number of hydrogen-bond donors (Lipinski definition) is 12. The van der Waals surface area contributed by atoms with E-state index in [4.69, 9.17) is 69.9 Å². The zero-order valence-electron chi connectivity index (χ0n) is 117. The van der Waals surface area contributed by atoms with Gasteiger partial charge in [0.2, 0.25) is 60.1 Å². The highest BCUT2D eigenvalue weighted by molar-refractivity contribution is 7.90. The van der Waals surface area contributed by atoms with Gasteiger partial charge in [0.05, 0.1) is 42.5 Å². The molecule has 0 aliphatic carbocycles. The van der Waals surface area contributed by atoms with Gasteiger partial charge in [0.15, 0.2) is 0 Å². The van der Waals surface area contributed by atoms with Crippen molar-refractivity contribution in [3.8, 4) is 0 Å². The lowest BCUT2D eigenvalue weighted by Gasteiger charge is -2.08. The average Bonchev–Trinajstić information content (AvgIpc) is 1.64. The van der Waals surface area contributed by atoms with Crippen LogP contribution in [0.3, 0.4) is 0 Å². The minimum atomic E-state index is -5.00. The van der Waals surface area contributed by atoms with E-state index in [1.807, 2.05) is 33.2 Å². The number of sulfonamides is 6. The third-order valence-electron chi connectivity index (χ3n) is 16.4. The van der Waals surface area contributed by atoms with Gasteiger partial charge in [-0.05, 0) is 304 Å². The molecule has 0 amide bonds. The number of benzene rings is 6. The van der Waals surface area contributed by atoms with Gasteiger partial charge in [0.25, 0.3) is 0 Å². The van der Waals surface area contributed by atoms with E-state index >= 15 is 0 Å². The highest BCUT2D eigenvalue weighted by Gasteiger charge is 2.19. The van der Waals surface area contributed by atoms with Gasteiger partial charge < -0.3 is 59.3 Å². The third-order valence-corrected chi connectivity index (χ3v) is 21.9. The van der Waals surface area contributed by atoms with Crippen LogP contribution < -0.4 is 28.3 Å². The normalized spacial score (nSPS) is 20.7. The number of aryl methyl sites for hydroxylation is 3. The van der Waals surface area contributed by atoms with Crippen molar-refractivity contribution in [1.82, 2.24) is 87.6 Å². The van der Waals surface area contributed by atoms with E-state index in [1.54, 1.807) is 14.1 Å². The van der Waals surface area contributed by atoms with Crippen molar-refractivity contribution in [3.05, 3.63) is 213 Å². The molecule has 0 spiro atoms. The number of aromatic amines is 6. The Morgan fingerprint density at radius 2 is 0.483 bits per heavy atom. The Morgan fingerprint density at radius 1 is 0.275 bits per heavy atom. The molecule has 0 saturated heterocycles. The summed E-state index contributed by atoms with van der Waals surface area (Å²) in [6.07, 6.45) is -1.42.